The number of benzene rings is 1. The van der Waals surface area contributed by atoms with Crippen LogP contribution in [-0.4, -0.2) is 69.3 Å². The van der Waals surface area contributed by atoms with Crippen molar-refractivity contribution in [2.45, 2.75) is 38.5 Å². The molecule has 2 fully saturated rings. The topological polar surface area (TPSA) is 62.1 Å². The van der Waals surface area contributed by atoms with Gasteiger partial charge in [-0.25, -0.2) is 8.42 Å². The quantitative estimate of drug-likeness (QED) is 0.807. The zero-order chi connectivity index (χ0) is 19.6. The number of nitrogens with zero attached hydrogens (tertiary/aromatic N) is 2. The van der Waals surface area contributed by atoms with Crippen molar-refractivity contribution in [3.8, 4) is 0 Å². The number of nitrogens with one attached hydrogen (secondary N) is 1. The molecular weight excluding hydrogens is 362 g/mol. The van der Waals surface area contributed by atoms with Crippen molar-refractivity contribution in [1.29, 1.82) is 0 Å². The summed E-state index contributed by atoms with van der Waals surface area (Å²) in [5.41, 5.74) is 2.06. The second kappa shape index (κ2) is 8.29. The van der Waals surface area contributed by atoms with E-state index in [0.717, 1.165) is 30.1 Å². The molecule has 7 heteroatoms. The number of quaternary nitrogens is 1. The van der Waals surface area contributed by atoms with Gasteiger partial charge in [0.1, 0.15) is 0 Å². The fourth-order valence-electron chi connectivity index (χ4n) is 3.87. The van der Waals surface area contributed by atoms with Crippen LogP contribution in [-0.2, 0) is 14.8 Å². The highest BCUT2D eigenvalue weighted by molar-refractivity contribution is 7.89. The van der Waals surface area contributed by atoms with Crippen LogP contribution >= 0.6 is 0 Å². The summed E-state index contributed by atoms with van der Waals surface area (Å²) < 4.78 is 27.3. The highest BCUT2D eigenvalue weighted by atomic mass is 32.2. The molecule has 2 saturated heterocycles. The van der Waals surface area contributed by atoms with Gasteiger partial charge in [0.25, 0.3) is 5.91 Å². The summed E-state index contributed by atoms with van der Waals surface area (Å²) in [6, 6.07) is 5.27. The number of rotatable bonds is 4. The van der Waals surface area contributed by atoms with Gasteiger partial charge in [0.2, 0.25) is 10.0 Å². The van der Waals surface area contributed by atoms with E-state index in [1.165, 1.54) is 22.0 Å². The fraction of sp³-hybridized carbons (Fsp3) is 0.650. The van der Waals surface area contributed by atoms with E-state index in [9.17, 15) is 13.2 Å². The minimum absolute atomic E-state index is 0.155. The Morgan fingerprint density at radius 3 is 2.30 bits per heavy atom. The highest BCUT2D eigenvalue weighted by Gasteiger charge is 2.31. The number of aryl methyl sites for hydroxylation is 2. The van der Waals surface area contributed by atoms with Crippen molar-refractivity contribution < 1.29 is 18.1 Å². The van der Waals surface area contributed by atoms with Gasteiger partial charge in [0, 0.05) is 26.2 Å². The normalized spacial score (nSPS) is 24.8. The van der Waals surface area contributed by atoms with Crippen molar-refractivity contribution in [2.24, 2.45) is 5.92 Å². The van der Waals surface area contributed by atoms with E-state index in [1.807, 2.05) is 24.8 Å². The number of hydrogen-bond donors (Lipinski definition) is 1. The maximum Gasteiger partial charge on any atom is 0.277 e. The number of piperidine rings is 1. The predicted octanol–water partition coefficient (Wildman–Crippen LogP) is 0.451. The van der Waals surface area contributed by atoms with E-state index in [-0.39, 0.29) is 5.91 Å². The number of hydrogen-bond acceptors (Lipinski definition) is 3. The van der Waals surface area contributed by atoms with Gasteiger partial charge in [-0.3, -0.25) is 4.79 Å². The first-order valence-corrected chi connectivity index (χ1v) is 11.4. The maximum atomic E-state index is 12.9. The molecule has 2 aliphatic heterocycles. The minimum Gasteiger partial charge on any atom is -0.335 e. The molecule has 0 aromatic heterocycles. The zero-order valence-corrected chi connectivity index (χ0v) is 17.5. The standard InChI is InChI=1S/C20H31N3O3S/c1-16-6-8-21(9-7-16)15-20(24)22-10-12-23(13-11-22)27(25,26)19-5-4-17(2)18(3)14-19/h4-5,14,16H,6-13,15H2,1-3H3/p+1. The minimum atomic E-state index is -3.49. The third-order valence-corrected chi connectivity index (χ3v) is 7.98. The van der Waals surface area contributed by atoms with Gasteiger partial charge in [-0.2, -0.15) is 4.31 Å². The number of piperazine rings is 1. The Morgan fingerprint density at radius 1 is 1.07 bits per heavy atom. The Hall–Kier alpha value is -1.44. The molecule has 1 aromatic carbocycles. The lowest BCUT2D eigenvalue weighted by Crippen LogP contribution is -3.14. The third-order valence-electron chi connectivity index (χ3n) is 6.09. The van der Waals surface area contributed by atoms with Crippen molar-refractivity contribution in [3.63, 3.8) is 0 Å². The monoisotopic (exact) mass is 394 g/mol. The van der Waals surface area contributed by atoms with Gasteiger partial charge < -0.3 is 9.80 Å². The van der Waals surface area contributed by atoms with Crippen LogP contribution in [0.15, 0.2) is 23.1 Å². The molecule has 0 spiro atoms. The average Bonchev–Trinajstić information content (AvgIpc) is 2.66. The van der Waals surface area contributed by atoms with E-state index in [0.29, 0.717) is 37.6 Å². The molecule has 0 saturated carbocycles. The van der Waals surface area contributed by atoms with Crippen LogP contribution in [0.4, 0.5) is 0 Å². The summed E-state index contributed by atoms with van der Waals surface area (Å²) in [4.78, 5) is 16.1. The molecule has 1 N–H and O–H groups in total. The van der Waals surface area contributed by atoms with E-state index in [1.54, 1.807) is 12.1 Å². The molecule has 27 heavy (non-hydrogen) atoms. The molecule has 0 aliphatic carbocycles. The van der Waals surface area contributed by atoms with Gasteiger partial charge in [-0.15, -0.1) is 0 Å². The molecule has 0 radical (unpaired) electrons. The molecule has 0 atom stereocenters. The van der Waals surface area contributed by atoms with Crippen LogP contribution in [0.2, 0.25) is 0 Å². The van der Waals surface area contributed by atoms with Crippen molar-refractivity contribution in [2.75, 3.05) is 45.8 Å². The van der Waals surface area contributed by atoms with Gasteiger partial charge in [0.05, 0.1) is 18.0 Å². The number of sulfonamides is 1. The van der Waals surface area contributed by atoms with Crippen LogP contribution in [0.1, 0.15) is 30.9 Å². The Bertz CT molecular complexity index is 778. The largest absolute Gasteiger partial charge is 0.335 e. The van der Waals surface area contributed by atoms with Crippen LogP contribution in [0.5, 0.6) is 0 Å². The van der Waals surface area contributed by atoms with Gasteiger partial charge in [-0.1, -0.05) is 13.0 Å². The molecule has 0 unspecified atom stereocenters. The second-order valence-corrected chi connectivity index (χ2v) is 10.1. The molecule has 3 rings (SSSR count). The molecular formula is C20H32N3O3S+. The summed E-state index contributed by atoms with van der Waals surface area (Å²) >= 11 is 0. The summed E-state index contributed by atoms with van der Waals surface area (Å²) in [6.07, 6.45) is 2.37. The molecule has 1 amide bonds. The predicted molar refractivity (Wildman–Crippen MR) is 105 cm³/mol. The summed E-state index contributed by atoms with van der Waals surface area (Å²) in [7, 11) is -3.49. The van der Waals surface area contributed by atoms with Crippen LogP contribution < -0.4 is 4.90 Å². The van der Waals surface area contributed by atoms with Crippen LogP contribution in [0.25, 0.3) is 0 Å². The highest BCUT2D eigenvalue weighted by Crippen LogP contribution is 2.20. The van der Waals surface area contributed by atoms with E-state index in [2.05, 4.69) is 6.92 Å². The molecule has 1 aromatic rings. The molecule has 2 aliphatic rings. The number of carbonyl (C=O) groups is 1. The van der Waals surface area contributed by atoms with Crippen LogP contribution in [0, 0.1) is 19.8 Å². The van der Waals surface area contributed by atoms with Crippen molar-refractivity contribution in [1.82, 2.24) is 9.21 Å². The summed E-state index contributed by atoms with van der Waals surface area (Å²) in [5, 5.41) is 0. The Kier molecular flexibility index (Phi) is 6.23. The van der Waals surface area contributed by atoms with Gasteiger partial charge >= 0.3 is 0 Å². The first-order valence-electron chi connectivity index (χ1n) is 9.96. The van der Waals surface area contributed by atoms with Gasteiger partial charge in [0.15, 0.2) is 6.54 Å². The first kappa shape index (κ1) is 20.3. The van der Waals surface area contributed by atoms with E-state index < -0.39 is 10.0 Å². The van der Waals surface area contributed by atoms with Gasteiger partial charge in [-0.05, 0) is 55.9 Å². The SMILES string of the molecule is Cc1ccc(S(=O)(=O)N2CCN(C(=O)C[NH+]3CCC(C)CC3)CC2)cc1C. The first-order chi connectivity index (χ1) is 12.8. The van der Waals surface area contributed by atoms with E-state index in [4.69, 9.17) is 0 Å². The average molecular weight is 395 g/mol. The van der Waals surface area contributed by atoms with Crippen LogP contribution in [0.3, 0.4) is 0 Å². The Labute approximate surface area is 163 Å². The molecule has 6 nitrogen and oxygen atoms in total. The van der Waals surface area contributed by atoms with E-state index >= 15 is 0 Å². The maximum absolute atomic E-state index is 12.9. The number of likely N-dealkylation sites (tertiary alicyclic amines) is 1. The summed E-state index contributed by atoms with van der Waals surface area (Å²) in [6.45, 7) is 10.5. The molecule has 150 valence electrons. The summed E-state index contributed by atoms with van der Waals surface area (Å²) in [5.74, 6) is 0.922. The smallest absolute Gasteiger partial charge is 0.277 e. The Morgan fingerprint density at radius 2 is 1.70 bits per heavy atom. The molecule has 2 heterocycles. The second-order valence-electron chi connectivity index (χ2n) is 8.14. The zero-order valence-electron chi connectivity index (χ0n) is 16.7. The lowest BCUT2D eigenvalue weighted by Gasteiger charge is -2.35. The lowest BCUT2D eigenvalue weighted by molar-refractivity contribution is -0.898. The van der Waals surface area contributed by atoms with Crippen molar-refractivity contribution in [3.05, 3.63) is 29.3 Å². The lowest BCUT2D eigenvalue weighted by atomic mass is 9.99. The fourth-order valence-corrected chi connectivity index (χ4v) is 5.38. The molecule has 0 bridgehead atoms. The Balaban J connectivity index is 1.56. The number of carbonyl (C=O) groups excluding carboxylic acids is 1. The number of amides is 1. The van der Waals surface area contributed by atoms with Crippen molar-refractivity contribution >= 4 is 15.9 Å². The third kappa shape index (κ3) is 4.70.